The maximum atomic E-state index is 11.7. The van der Waals surface area contributed by atoms with Gasteiger partial charge in [0.1, 0.15) is 5.39 Å². The molecule has 1 saturated carbocycles. The third-order valence-corrected chi connectivity index (χ3v) is 3.84. The largest absolute Gasteiger partial charge is 0.378 e. The first kappa shape index (κ1) is 14.1. The Morgan fingerprint density at radius 3 is 3.05 bits per heavy atom. The number of rotatable bonds is 6. The molecular formula is C14H21N5O2. The van der Waals surface area contributed by atoms with E-state index in [0.717, 1.165) is 19.6 Å². The smallest absolute Gasteiger partial charge is 0.263 e. The Labute approximate surface area is 122 Å². The molecular weight excluding hydrogens is 270 g/mol. The van der Waals surface area contributed by atoms with Crippen molar-refractivity contribution in [3.05, 3.63) is 16.6 Å². The van der Waals surface area contributed by atoms with E-state index in [1.165, 1.54) is 38.3 Å². The van der Waals surface area contributed by atoms with Crippen LogP contribution in [-0.2, 0) is 4.74 Å². The maximum absolute atomic E-state index is 11.7. The van der Waals surface area contributed by atoms with Crippen LogP contribution >= 0.6 is 0 Å². The molecule has 7 heteroatoms. The molecule has 0 aliphatic heterocycles. The van der Waals surface area contributed by atoms with E-state index in [-0.39, 0.29) is 5.56 Å². The number of anilines is 1. The minimum atomic E-state index is -0.185. The molecule has 0 amide bonds. The summed E-state index contributed by atoms with van der Waals surface area (Å²) in [4.78, 5) is 18.7. The molecule has 0 aromatic carbocycles. The summed E-state index contributed by atoms with van der Waals surface area (Å²) in [6, 6.07) is 0. The van der Waals surface area contributed by atoms with Gasteiger partial charge in [-0.25, -0.2) is 0 Å². The van der Waals surface area contributed by atoms with Crippen molar-refractivity contribution in [3.8, 4) is 0 Å². The van der Waals surface area contributed by atoms with Gasteiger partial charge in [0.2, 0.25) is 5.95 Å². The van der Waals surface area contributed by atoms with Crippen molar-refractivity contribution in [1.82, 2.24) is 20.2 Å². The molecule has 0 bridgehead atoms. The SMILES string of the molecule is O=c1[nH]c(NCCCOC2CCCCC2)nc2[nH]ncc12. The number of fused-ring (bicyclic) bond motifs is 1. The number of aromatic amines is 2. The minimum absolute atomic E-state index is 0.185. The summed E-state index contributed by atoms with van der Waals surface area (Å²) < 4.78 is 5.85. The Balaban J connectivity index is 1.43. The van der Waals surface area contributed by atoms with E-state index >= 15 is 0 Å². The van der Waals surface area contributed by atoms with E-state index < -0.39 is 0 Å². The van der Waals surface area contributed by atoms with Crippen LogP contribution < -0.4 is 10.9 Å². The second kappa shape index (κ2) is 6.71. The summed E-state index contributed by atoms with van der Waals surface area (Å²) in [5.74, 6) is 0.467. The van der Waals surface area contributed by atoms with Gasteiger partial charge < -0.3 is 10.1 Å². The number of aromatic nitrogens is 4. The normalized spacial score (nSPS) is 16.4. The summed E-state index contributed by atoms with van der Waals surface area (Å²) in [6.45, 7) is 1.46. The molecule has 1 aliphatic rings. The first-order chi connectivity index (χ1) is 10.3. The lowest BCUT2D eigenvalue weighted by molar-refractivity contribution is 0.0284. The third kappa shape index (κ3) is 3.60. The highest BCUT2D eigenvalue weighted by Gasteiger charge is 2.13. The average molecular weight is 291 g/mol. The predicted octanol–water partition coefficient (Wildman–Crippen LogP) is 1.80. The zero-order valence-corrected chi connectivity index (χ0v) is 12.0. The fraction of sp³-hybridized carbons (Fsp3) is 0.643. The summed E-state index contributed by atoms with van der Waals surface area (Å²) >= 11 is 0. The highest BCUT2D eigenvalue weighted by Crippen LogP contribution is 2.20. The van der Waals surface area contributed by atoms with Crippen LogP contribution in [0.15, 0.2) is 11.0 Å². The van der Waals surface area contributed by atoms with Crippen LogP contribution in [0.3, 0.4) is 0 Å². The first-order valence-electron chi connectivity index (χ1n) is 7.62. The Morgan fingerprint density at radius 1 is 1.33 bits per heavy atom. The van der Waals surface area contributed by atoms with E-state index in [1.54, 1.807) is 0 Å². The number of nitrogens with one attached hydrogen (secondary N) is 3. The first-order valence-corrected chi connectivity index (χ1v) is 7.62. The van der Waals surface area contributed by atoms with Gasteiger partial charge in [0.25, 0.3) is 5.56 Å². The summed E-state index contributed by atoms with van der Waals surface area (Å²) in [5, 5.41) is 10.1. The Morgan fingerprint density at radius 2 is 2.19 bits per heavy atom. The zero-order chi connectivity index (χ0) is 14.5. The maximum Gasteiger partial charge on any atom is 0.263 e. The average Bonchev–Trinajstić information content (AvgIpc) is 2.97. The van der Waals surface area contributed by atoms with Crippen LogP contribution in [0.25, 0.3) is 11.0 Å². The fourth-order valence-electron chi connectivity index (χ4n) is 2.69. The molecule has 0 unspecified atom stereocenters. The highest BCUT2D eigenvalue weighted by molar-refractivity contribution is 5.73. The van der Waals surface area contributed by atoms with Gasteiger partial charge in [0.15, 0.2) is 5.65 Å². The molecule has 0 atom stereocenters. The predicted molar refractivity (Wildman–Crippen MR) is 80.4 cm³/mol. The number of nitrogens with zero attached hydrogens (tertiary/aromatic N) is 2. The van der Waals surface area contributed by atoms with E-state index in [1.807, 2.05) is 0 Å². The fourth-order valence-corrected chi connectivity index (χ4v) is 2.69. The van der Waals surface area contributed by atoms with Gasteiger partial charge in [-0.05, 0) is 19.3 Å². The van der Waals surface area contributed by atoms with Gasteiger partial charge in [-0.2, -0.15) is 10.1 Å². The van der Waals surface area contributed by atoms with Crippen molar-refractivity contribution in [3.63, 3.8) is 0 Å². The molecule has 0 spiro atoms. The molecule has 2 aromatic rings. The second-order valence-corrected chi connectivity index (χ2v) is 5.46. The second-order valence-electron chi connectivity index (χ2n) is 5.46. The van der Waals surface area contributed by atoms with E-state index in [9.17, 15) is 4.79 Å². The lowest BCUT2D eigenvalue weighted by Gasteiger charge is -2.21. The number of hydrogen-bond acceptors (Lipinski definition) is 5. The Hall–Kier alpha value is -1.89. The molecule has 7 nitrogen and oxygen atoms in total. The van der Waals surface area contributed by atoms with Crippen molar-refractivity contribution in [2.45, 2.75) is 44.6 Å². The van der Waals surface area contributed by atoms with Crippen LogP contribution in [0.2, 0.25) is 0 Å². The number of H-pyrrole nitrogens is 2. The topological polar surface area (TPSA) is 95.7 Å². The molecule has 2 aromatic heterocycles. The van der Waals surface area contributed by atoms with Gasteiger partial charge in [-0.3, -0.25) is 14.9 Å². The molecule has 3 N–H and O–H groups in total. The lowest BCUT2D eigenvalue weighted by Crippen LogP contribution is -2.19. The molecule has 2 heterocycles. The van der Waals surface area contributed by atoms with Crippen LogP contribution in [0.5, 0.6) is 0 Å². The van der Waals surface area contributed by atoms with Gasteiger partial charge >= 0.3 is 0 Å². The van der Waals surface area contributed by atoms with Crippen LogP contribution in [-0.4, -0.2) is 39.4 Å². The quantitative estimate of drug-likeness (QED) is 0.705. The zero-order valence-electron chi connectivity index (χ0n) is 12.0. The van der Waals surface area contributed by atoms with Crippen molar-refractivity contribution in [2.75, 3.05) is 18.5 Å². The Bertz CT molecular complexity index is 630. The molecule has 0 radical (unpaired) electrons. The minimum Gasteiger partial charge on any atom is -0.378 e. The third-order valence-electron chi connectivity index (χ3n) is 3.84. The summed E-state index contributed by atoms with van der Waals surface area (Å²) in [5.41, 5.74) is 0.314. The molecule has 1 fully saturated rings. The summed E-state index contributed by atoms with van der Waals surface area (Å²) in [7, 11) is 0. The molecule has 3 rings (SSSR count). The highest BCUT2D eigenvalue weighted by atomic mass is 16.5. The van der Waals surface area contributed by atoms with Crippen LogP contribution in [0.1, 0.15) is 38.5 Å². The Kier molecular flexibility index (Phi) is 4.49. The standard InChI is InChI=1S/C14H21N5O2/c20-13-11-9-16-19-12(11)17-14(18-13)15-7-4-8-21-10-5-2-1-3-6-10/h9-10H,1-8H2,(H3,15,16,17,18,19,20). The molecule has 1 aliphatic carbocycles. The van der Waals surface area contributed by atoms with Crippen molar-refractivity contribution in [2.24, 2.45) is 0 Å². The monoisotopic (exact) mass is 291 g/mol. The van der Waals surface area contributed by atoms with Gasteiger partial charge in [-0.15, -0.1) is 0 Å². The lowest BCUT2D eigenvalue weighted by atomic mass is 9.98. The van der Waals surface area contributed by atoms with Crippen LogP contribution in [0.4, 0.5) is 5.95 Å². The van der Waals surface area contributed by atoms with E-state index in [0.29, 0.717) is 23.1 Å². The van der Waals surface area contributed by atoms with Crippen molar-refractivity contribution >= 4 is 17.0 Å². The number of hydrogen-bond donors (Lipinski definition) is 3. The molecule has 114 valence electrons. The van der Waals surface area contributed by atoms with Gasteiger partial charge in [0, 0.05) is 13.2 Å². The molecule has 21 heavy (non-hydrogen) atoms. The van der Waals surface area contributed by atoms with Gasteiger partial charge in [-0.1, -0.05) is 19.3 Å². The van der Waals surface area contributed by atoms with E-state index in [4.69, 9.17) is 4.74 Å². The van der Waals surface area contributed by atoms with Gasteiger partial charge in [0.05, 0.1) is 12.3 Å². The van der Waals surface area contributed by atoms with Crippen molar-refractivity contribution in [1.29, 1.82) is 0 Å². The van der Waals surface area contributed by atoms with Crippen molar-refractivity contribution < 1.29 is 4.74 Å². The van der Waals surface area contributed by atoms with E-state index in [2.05, 4.69) is 25.5 Å². The van der Waals surface area contributed by atoms with Crippen LogP contribution in [0, 0.1) is 0 Å². The summed E-state index contributed by atoms with van der Waals surface area (Å²) in [6.07, 6.45) is 9.12. The molecule has 0 saturated heterocycles. The number of ether oxygens (including phenoxy) is 1.